The maximum absolute atomic E-state index is 11.3. The fourth-order valence-corrected chi connectivity index (χ4v) is 3.38. The first-order valence-corrected chi connectivity index (χ1v) is 7.26. The zero-order chi connectivity index (χ0) is 15.4. The number of nitrogens with one attached hydrogen (secondary N) is 1. The largest absolute Gasteiger partial charge is 0.481 e. The van der Waals surface area contributed by atoms with Crippen LogP contribution in [0.4, 0.5) is 0 Å². The number of aliphatic carboxylic acids is 1. The second-order valence-corrected chi connectivity index (χ2v) is 5.71. The lowest BCUT2D eigenvalue weighted by Crippen LogP contribution is -2.50. The van der Waals surface area contributed by atoms with Crippen LogP contribution in [0.15, 0.2) is 0 Å². The van der Waals surface area contributed by atoms with E-state index >= 15 is 0 Å². The zero-order valence-corrected chi connectivity index (χ0v) is 12.4. The molecule has 6 heteroatoms. The summed E-state index contributed by atoms with van der Waals surface area (Å²) in [6, 6.07) is -0.694. The first kappa shape index (κ1) is 16.9. The number of carbonyl (C=O) groups is 2. The quantitative estimate of drug-likeness (QED) is 0.562. The second kappa shape index (κ2) is 7.04. The van der Waals surface area contributed by atoms with Crippen molar-refractivity contribution in [1.82, 2.24) is 5.32 Å². The molecule has 0 aliphatic heterocycles. The maximum atomic E-state index is 11.3. The minimum absolute atomic E-state index is 0.207. The van der Waals surface area contributed by atoms with Crippen molar-refractivity contribution in [3.05, 3.63) is 0 Å². The summed E-state index contributed by atoms with van der Waals surface area (Å²) in [7, 11) is 0. The van der Waals surface area contributed by atoms with E-state index in [2.05, 4.69) is 5.32 Å². The van der Waals surface area contributed by atoms with Crippen molar-refractivity contribution in [3.63, 3.8) is 0 Å². The maximum Gasteiger partial charge on any atom is 0.309 e. The van der Waals surface area contributed by atoms with Gasteiger partial charge in [0.25, 0.3) is 0 Å². The topological polar surface area (TPSA) is 113 Å². The average Bonchev–Trinajstić information content (AvgIpc) is 2.66. The molecule has 0 radical (unpaired) electrons. The van der Waals surface area contributed by atoms with Gasteiger partial charge in [-0.15, -0.1) is 0 Å². The van der Waals surface area contributed by atoms with Gasteiger partial charge in [-0.1, -0.05) is 26.7 Å². The highest BCUT2D eigenvalue weighted by Crippen LogP contribution is 2.36. The molecular weight excluding hydrogens is 260 g/mol. The highest BCUT2D eigenvalue weighted by molar-refractivity contribution is 5.74. The van der Waals surface area contributed by atoms with Crippen molar-refractivity contribution in [2.24, 2.45) is 23.5 Å². The van der Waals surface area contributed by atoms with E-state index in [0.717, 1.165) is 12.8 Å². The van der Waals surface area contributed by atoms with E-state index in [-0.39, 0.29) is 30.3 Å². The Balaban J connectivity index is 2.96. The number of amides is 1. The summed E-state index contributed by atoms with van der Waals surface area (Å²) in [5.41, 5.74) is 6.26. The van der Waals surface area contributed by atoms with E-state index in [4.69, 9.17) is 5.73 Å². The molecule has 0 saturated heterocycles. The average molecular weight is 286 g/mol. The molecule has 0 aromatic rings. The summed E-state index contributed by atoms with van der Waals surface area (Å²) in [4.78, 5) is 22.5. The molecular formula is C14H26N2O4. The van der Waals surface area contributed by atoms with Gasteiger partial charge in [-0.2, -0.15) is 0 Å². The van der Waals surface area contributed by atoms with Crippen LogP contribution >= 0.6 is 0 Å². The third-order valence-corrected chi connectivity index (χ3v) is 4.52. The highest BCUT2D eigenvalue weighted by Gasteiger charge is 2.49. The number of carboxylic acid groups (broad SMARTS) is 1. The Hall–Kier alpha value is -1.14. The number of aliphatic hydroxyl groups is 1. The van der Waals surface area contributed by atoms with Crippen molar-refractivity contribution in [2.75, 3.05) is 0 Å². The van der Waals surface area contributed by atoms with E-state index in [9.17, 15) is 19.8 Å². The molecule has 1 rings (SSSR count). The third kappa shape index (κ3) is 3.49. The number of rotatable bonds is 6. The molecule has 1 amide bonds. The normalized spacial score (nSPS) is 31.3. The van der Waals surface area contributed by atoms with Gasteiger partial charge in [-0.3, -0.25) is 9.59 Å². The van der Waals surface area contributed by atoms with Gasteiger partial charge in [0, 0.05) is 24.9 Å². The molecule has 0 heterocycles. The zero-order valence-electron chi connectivity index (χ0n) is 12.4. The van der Waals surface area contributed by atoms with Gasteiger partial charge >= 0.3 is 5.97 Å². The summed E-state index contributed by atoms with van der Waals surface area (Å²) in [5.74, 6) is -2.33. The monoisotopic (exact) mass is 286 g/mol. The SMILES string of the molecule is CCC(CC)[C@@H](N)[C@H]1[C@H](O)[C@@H](C(=O)O)C[C@H]1NC(C)=O. The van der Waals surface area contributed by atoms with Crippen LogP contribution in [0, 0.1) is 17.8 Å². The molecule has 1 aliphatic rings. The van der Waals surface area contributed by atoms with Crippen molar-refractivity contribution in [2.45, 2.75) is 58.2 Å². The van der Waals surface area contributed by atoms with Crippen LogP contribution in [0.3, 0.4) is 0 Å². The Kier molecular flexibility index (Phi) is 5.95. The summed E-state index contributed by atoms with van der Waals surface area (Å²) >= 11 is 0. The molecule has 5 atom stereocenters. The molecule has 1 saturated carbocycles. The molecule has 0 bridgehead atoms. The summed E-state index contributed by atoms with van der Waals surface area (Å²) < 4.78 is 0. The predicted octanol–water partition coefficient (Wildman–Crippen LogP) is 0.336. The minimum atomic E-state index is -1.04. The summed E-state index contributed by atoms with van der Waals surface area (Å²) in [5, 5.41) is 22.2. The molecule has 0 spiro atoms. The highest BCUT2D eigenvalue weighted by atomic mass is 16.4. The number of aliphatic hydroxyl groups excluding tert-OH is 1. The Morgan fingerprint density at radius 2 is 1.90 bits per heavy atom. The molecule has 0 aromatic carbocycles. The van der Waals surface area contributed by atoms with E-state index in [0.29, 0.717) is 0 Å². The minimum Gasteiger partial charge on any atom is -0.481 e. The molecule has 20 heavy (non-hydrogen) atoms. The first-order valence-electron chi connectivity index (χ1n) is 7.26. The van der Waals surface area contributed by atoms with E-state index in [1.54, 1.807) is 0 Å². The lowest BCUT2D eigenvalue weighted by molar-refractivity contribution is -0.145. The fourth-order valence-electron chi connectivity index (χ4n) is 3.38. The number of nitrogens with two attached hydrogens (primary N) is 1. The molecule has 0 aromatic heterocycles. The van der Waals surface area contributed by atoms with E-state index < -0.39 is 23.9 Å². The van der Waals surface area contributed by atoms with Gasteiger partial charge in [-0.25, -0.2) is 0 Å². The van der Waals surface area contributed by atoms with Gasteiger partial charge in [-0.05, 0) is 12.3 Å². The smallest absolute Gasteiger partial charge is 0.309 e. The third-order valence-electron chi connectivity index (χ3n) is 4.52. The molecule has 116 valence electrons. The van der Waals surface area contributed by atoms with Crippen molar-refractivity contribution < 1.29 is 19.8 Å². The van der Waals surface area contributed by atoms with Crippen LogP contribution in [0.1, 0.15) is 40.0 Å². The van der Waals surface area contributed by atoms with Crippen LogP contribution in [0.5, 0.6) is 0 Å². The van der Waals surface area contributed by atoms with Crippen LogP contribution in [-0.2, 0) is 9.59 Å². The van der Waals surface area contributed by atoms with E-state index in [1.807, 2.05) is 13.8 Å². The van der Waals surface area contributed by atoms with E-state index in [1.165, 1.54) is 6.92 Å². The van der Waals surface area contributed by atoms with Gasteiger partial charge < -0.3 is 21.3 Å². The summed E-state index contributed by atoms with van der Waals surface area (Å²) in [6.07, 6.45) is 0.950. The standard InChI is InChI=1S/C14H26N2O4/c1-4-8(5-2)12(15)11-10(16-7(3)17)6-9(13(11)18)14(19)20/h8-13,18H,4-6,15H2,1-3H3,(H,16,17)(H,19,20)/t9-,10+,11-,12+,13+/m0/s1. The number of carbonyl (C=O) groups excluding carboxylic acids is 1. The Morgan fingerprint density at radius 3 is 2.30 bits per heavy atom. The molecule has 6 nitrogen and oxygen atoms in total. The fraction of sp³-hybridized carbons (Fsp3) is 0.857. The van der Waals surface area contributed by atoms with Crippen LogP contribution in [0.2, 0.25) is 0 Å². The first-order chi connectivity index (χ1) is 9.33. The number of hydrogen-bond acceptors (Lipinski definition) is 4. The van der Waals surface area contributed by atoms with Gasteiger partial charge in [0.05, 0.1) is 12.0 Å². The Morgan fingerprint density at radius 1 is 1.35 bits per heavy atom. The van der Waals surface area contributed by atoms with Crippen molar-refractivity contribution in [3.8, 4) is 0 Å². The molecule has 0 unspecified atom stereocenters. The van der Waals surface area contributed by atoms with Crippen LogP contribution < -0.4 is 11.1 Å². The lowest BCUT2D eigenvalue weighted by atomic mass is 9.81. The second-order valence-electron chi connectivity index (χ2n) is 5.71. The summed E-state index contributed by atoms with van der Waals surface area (Å²) in [6.45, 7) is 5.44. The van der Waals surface area contributed by atoms with Gasteiger partial charge in [0.1, 0.15) is 0 Å². The van der Waals surface area contributed by atoms with Crippen molar-refractivity contribution >= 4 is 11.9 Å². The lowest BCUT2D eigenvalue weighted by Gasteiger charge is -2.33. The molecule has 1 aliphatic carbocycles. The molecule has 5 N–H and O–H groups in total. The number of hydrogen-bond donors (Lipinski definition) is 4. The van der Waals surface area contributed by atoms with Gasteiger partial charge in [0.2, 0.25) is 5.91 Å². The van der Waals surface area contributed by atoms with Crippen molar-refractivity contribution in [1.29, 1.82) is 0 Å². The number of carboxylic acids is 1. The van der Waals surface area contributed by atoms with Gasteiger partial charge in [0.15, 0.2) is 0 Å². The van der Waals surface area contributed by atoms with Crippen LogP contribution in [-0.4, -0.2) is 40.3 Å². The van der Waals surface area contributed by atoms with Crippen LogP contribution in [0.25, 0.3) is 0 Å². The Labute approximate surface area is 119 Å². The Bertz CT molecular complexity index is 357. The molecule has 1 fully saturated rings. The predicted molar refractivity (Wildman–Crippen MR) is 74.9 cm³/mol.